The van der Waals surface area contributed by atoms with E-state index in [1.165, 1.54) is 11.3 Å². The van der Waals surface area contributed by atoms with Gasteiger partial charge in [-0.1, -0.05) is 6.07 Å². The molecule has 2 aromatic heterocycles. The molecule has 3 heterocycles. The number of carbonyl (C=O) groups is 2. The van der Waals surface area contributed by atoms with Gasteiger partial charge in [0.1, 0.15) is 5.69 Å². The van der Waals surface area contributed by atoms with Crippen LogP contribution in [0, 0.1) is 5.92 Å². The zero-order valence-corrected chi connectivity index (χ0v) is 14.3. The number of nitrogens with one attached hydrogen (secondary N) is 1. The van der Waals surface area contributed by atoms with E-state index >= 15 is 0 Å². The van der Waals surface area contributed by atoms with Crippen LogP contribution >= 0.6 is 11.3 Å². The van der Waals surface area contributed by atoms with Gasteiger partial charge in [0.05, 0.1) is 10.9 Å². The number of nitrogens with zero attached hydrogens (tertiary/aromatic N) is 3. The van der Waals surface area contributed by atoms with Crippen molar-refractivity contribution in [2.75, 3.05) is 6.54 Å². The Morgan fingerprint density at radius 1 is 1.38 bits per heavy atom. The van der Waals surface area contributed by atoms with Crippen LogP contribution in [0.3, 0.4) is 0 Å². The van der Waals surface area contributed by atoms with Crippen LogP contribution in [0.4, 0.5) is 0 Å². The summed E-state index contributed by atoms with van der Waals surface area (Å²) in [5.74, 6) is 0.413. The third kappa shape index (κ3) is 2.62. The van der Waals surface area contributed by atoms with Gasteiger partial charge in [0.2, 0.25) is 0 Å². The third-order valence-corrected chi connectivity index (χ3v) is 5.86. The molecule has 1 saturated carbocycles. The Morgan fingerprint density at radius 3 is 2.92 bits per heavy atom. The van der Waals surface area contributed by atoms with Crippen molar-refractivity contribution in [1.29, 1.82) is 0 Å². The predicted octanol–water partition coefficient (Wildman–Crippen LogP) is 2.00. The molecule has 6 nitrogen and oxygen atoms in total. The lowest BCUT2D eigenvalue weighted by Crippen LogP contribution is -2.52. The first-order valence-corrected chi connectivity index (χ1v) is 9.22. The average molecular weight is 344 g/mol. The van der Waals surface area contributed by atoms with Crippen LogP contribution in [0.15, 0.2) is 29.8 Å². The number of hydrogen-bond donors (Lipinski definition) is 1. The van der Waals surface area contributed by atoms with E-state index in [1.807, 2.05) is 35.5 Å². The summed E-state index contributed by atoms with van der Waals surface area (Å²) in [5.41, 5.74) is 0.493. The van der Waals surface area contributed by atoms with E-state index in [-0.39, 0.29) is 23.9 Å². The van der Waals surface area contributed by atoms with Gasteiger partial charge in [-0.15, -0.1) is 11.3 Å². The fourth-order valence-electron chi connectivity index (χ4n) is 3.86. The molecule has 2 bridgehead atoms. The van der Waals surface area contributed by atoms with E-state index in [9.17, 15) is 9.59 Å². The van der Waals surface area contributed by atoms with Crippen LogP contribution in [0.2, 0.25) is 0 Å². The summed E-state index contributed by atoms with van der Waals surface area (Å²) < 4.78 is 1.76. The van der Waals surface area contributed by atoms with Gasteiger partial charge < -0.3 is 10.2 Å². The highest BCUT2D eigenvalue weighted by molar-refractivity contribution is 7.12. The minimum absolute atomic E-state index is 0.0234. The number of likely N-dealkylation sites (tertiary alicyclic amines) is 1. The van der Waals surface area contributed by atoms with Gasteiger partial charge in [0.25, 0.3) is 11.8 Å². The molecule has 1 saturated heterocycles. The van der Waals surface area contributed by atoms with Crippen LogP contribution in [0.5, 0.6) is 0 Å². The normalized spacial score (nSPS) is 25.2. The molecule has 3 unspecified atom stereocenters. The fraction of sp³-hybridized carbons (Fsp3) is 0.471. The van der Waals surface area contributed by atoms with Gasteiger partial charge in [-0.3, -0.25) is 14.3 Å². The monoisotopic (exact) mass is 344 g/mol. The summed E-state index contributed by atoms with van der Waals surface area (Å²) in [6.45, 7) is 3.52. The van der Waals surface area contributed by atoms with Gasteiger partial charge in [-0.05, 0) is 43.2 Å². The first-order chi connectivity index (χ1) is 11.7. The molecule has 2 aromatic rings. The lowest BCUT2D eigenvalue weighted by molar-refractivity contribution is 0.0642. The molecule has 1 aliphatic carbocycles. The number of thiophene rings is 1. The maximum atomic E-state index is 12.8. The fourth-order valence-corrected chi connectivity index (χ4v) is 4.49. The molecule has 2 aliphatic rings. The van der Waals surface area contributed by atoms with Crippen LogP contribution in [0.25, 0.3) is 0 Å². The summed E-state index contributed by atoms with van der Waals surface area (Å²) in [6.07, 6.45) is 3.75. The van der Waals surface area contributed by atoms with Crippen LogP contribution in [0.1, 0.15) is 39.9 Å². The number of aryl methyl sites for hydroxylation is 1. The smallest absolute Gasteiger partial charge is 0.274 e. The number of hydrogen-bond acceptors (Lipinski definition) is 4. The molecule has 0 radical (unpaired) electrons. The lowest BCUT2D eigenvalue weighted by atomic mass is 10.1. The van der Waals surface area contributed by atoms with E-state index < -0.39 is 0 Å². The molecule has 1 aliphatic heterocycles. The summed E-state index contributed by atoms with van der Waals surface area (Å²) in [6, 6.07) is 5.60. The van der Waals surface area contributed by atoms with Crippen molar-refractivity contribution in [2.45, 2.75) is 38.4 Å². The summed E-state index contributed by atoms with van der Waals surface area (Å²) in [4.78, 5) is 27.7. The molecule has 0 spiro atoms. The van der Waals surface area contributed by atoms with Gasteiger partial charge in [0, 0.05) is 25.3 Å². The zero-order chi connectivity index (χ0) is 16.7. The highest BCUT2D eigenvalue weighted by Gasteiger charge is 2.47. The van der Waals surface area contributed by atoms with Crippen LogP contribution in [-0.4, -0.2) is 45.1 Å². The second-order valence-electron chi connectivity index (χ2n) is 6.48. The summed E-state index contributed by atoms with van der Waals surface area (Å²) >= 11 is 1.44. The van der Waals surface area contributed by atoms with Crippen molar-refractivity contribution < 1.29 is 9.59 Å². The number of fused-ring (bicyclic) bond motifs is 2. The summed E-state index contributed by atoms with van der Waals surface area (Å²) in [5, 5.41) is 9.34. The molecule has 3 atom stereocenters. The molecule has 126 valence electrons. The maximum Gasteiger partial charge on any atom is 0.274 e. The Kier molecular flexibility index (Phi) is 3.88. The maximum absolute atomic E-state index is 12.8. The van der Waals surface area contributed by atoms with E-state index in [4.69, 9.17) is 0 Å². The standard InChI is InChI=1S/C17H20N4O2S/c1-2-20-6-5-12(19-20)17(23)21-10-11-8-13(14(21)9-11)18-16(22)15-4-3-7-24-15/h3-7,11,13-14H,2,8-10H2,1H3,(H,18,22). The van der Waals surface area contributed by atoms with Crippen molar-refractivity contribution in [1.82, 2.24) is 20.0 Å². The SMILES string of the molecule is CCn1ccc(C(=O)N2CC3CC(NC(=O)c4cccs4)C2C3)n1. The van der Waals surface area contributed by atoms with Crippen LogP contribution in [-0.2, 0) is 6.54 Å². The minimum atomic E-state index is -0.0368. The number of carbonyl (C=O) groups excluding carboxylic acids is 2. The number of aromatic nitrogens is 2. The van der Waals surface area contributed by atoms with Gasteiger partial charge >= 0.3 is 0 Å². The topological polar surface area (TPSA) is 67.2 Å². The molecule has 0 aromatic carbocycles. The highest BCUT2D eigenvalue weighted by Crippen LogP contribution is 2.38. The predicted molar refractivity (Wildman–Crippen MR) is 91.0 cm³/mol. The quantitative estimate of drug-likeness (QED) is 0.922. The van der Waals surface area contributed by atoms with Crippen molar-refractivity contribution in [3.05, 3.63) is 40.3 Å². The van der Waals surface area contributed by atoms with E-state index in [0.717, 1.165) is 30.8 Å². The second-order valence-corrected chi connectivity index (χ2v) is 7.42. The Labute approximate surface area is 144 Å². The third-order valence-electron chi connectivity index (χ3n) is 4.99. The van der Waals surface area contributed by atoms with Crippen LogP contribution < -0.4 is 5.32 Å². The molecule has 2 fully saturated rings. The first kappa shape index (κ1) is 15.4. The Morgan fingerprint density at radius 2 is 2.25 bits per heavy atom. The number of rotatable bonds is 4. The Bertz CT molecular complexity index is 754. The molecule has 1 N–H and O–H groups in total. The first-order valence-electron chi connectivity index (χ1n) is 8.34. The Hall–Kier alpha value is -2.15. The summed E-state index contributed by atoms with van der Waals surface area (Å²) in [7, 11) is 0. The molecule has 2 amide bonds. The lowest BCUT2D eigenvalue weighted by Gasteiger charge is -2.33. The molecule has 24 heavy (non-hydrogen) atoms. The molecular weight excluding hydrogens is 324 g/mol. The molecular formula is C17H20N4O2S. The molecule has 4 rings (SSSR count). The highest BCUT2D eigenvalue weighted by atomic mass is 32.1. The van der Waals surface area contributed by atoms with Crippen molar-refractivity contribution >= 4 is 23.2 Å². The zero-order valence-electron chi connectivity index (χ0n) is 13.5. The minimum Gasteiger partial charge on any atom is -0.347 e. The van der Waals surface area contributed by atoms with Crippen molar-refractivity contribution in [2.24, 2.45) is 5.92 Å². The van der Waals surface area contributed by atoms with Gasteiger partial charge in [-0.2, -0.15) is 5.10 Å². The van der Waals surface area contributed by atoms with Crippen molar-refractivity contribution in [3.8, 4) is 0 Å². The van der Waals surface area contributed by atoms with E-state index in [2.05, 4.69) is 10.4 Å². The largest absolute Gasteiger partial charge is 0.347 e. The van der Waals surface area contributed by atoms with Gasteiger partial charge in [-0.25, -0.2) is 0 Å². The molecule has 7 heteroatoms. The Balaban J connectivity index is 1.46. The van der Waals surface area contributed by atoms with Crippen molar-refractivity contribution in [3.63, 3.8) is 0 Å². The average Bonchev–Trinajstić information content (AvgIpc) is 3.37. The van der Waals surface area contributed by atoms with Gasteiger partial charge in [0.15, 0.2) is 0 Å². The number of piperidine rings is 1. The van der Waals surface area contributed by atoms with E-state index in [0.29, 0.717) is 11.6 Å². The number of amides is 2. The second kappa shape index (κ2) is 6.05. The van der Waals surface area contributed by atoms with E-state index in [1.54, 1.807) is 10.7 Å².